The number of aromatic nitrogens is 1. The Labute approximate surface area is 160 Å². The molecule has 1 N–H and O–H groups in total. The van der Waals surface area contributed by atoms with Crippen molar-refractivity contribution in [2.75, 3.05) is 23.3 Å². The molecule has 3 aromatic rings. The monoisotopic (exact) mass is 356 g/mol. The Hall–Kier alpha value is -3.06. The van der Waals surface area contributed by atoms with Gasteiger partial charge in [-0.2, -0.15) is 5.26 Å². The van der Waals surface area contributed by atoms with E-state index in [0.717, 1.165) is 36.5 Å². The van der Waals surface area contributed by atoms with Crippen molar-refractivity contribution < 1.29 is 0 Å². The maximum atomic E-state index is 8.92. The molecule has 0 aliphatic carbocycles. The minimum Gasteiger partial charge on any atom is -0.381 e. The van der Waals surface area contributed by atoms with Gasteiger partial charge < -0.3 is 10.2 Å². The van der Waals surface area contributed by atoms with E-state index in [9.17, 15) is 0 Å². The van der Waals surface area contributed by atoms with Gasteiger partial charge in [-0.15, -0.1) is 0 Å². The molecule has 0 radical (unpaired) electrons. The summed E-state index contributed by atoms with van der Waals surface area (Å²) in [5.41, 5.74) is 7.68. The predicted octanol–water partition coefficient (Wildman–Crippen LogP) is 4.94. The average Bonchev–Trinajstić information content (AvgIpc) is 3.21. The lowest BCUT2D eigenvalue weighted by atomic mass is 10.0. The van der Waals surface area contributed by atoms with Gasteiger partial charge in [0, 0.05) is 42.1 Å². The molecule has 136 valence electrons. The molecule has 4 rings (SSSR count). The van der Waals surface area contributed by atoms with Crippen LogP contribution < -0.4 is 10.2 Å². The molecule has 1 saturated heterocycles. The normalized spacial score (nSPS) is 13.7. The van der Waals surface area contributed by atoms with Gasteiger partial charge in [-0.05, 0) is 80.3 Å². The third-order valence-electron chi connectivity index (χ3n) is 5.32. The van der Waals surface area contributed by atoms with E-state index in [1.54, 1.807) is 0 Å². The molecule has 27 heavy (non-hydrogen) atoms. The van der Waals surface area contributed by atoms with Crippen molar-refractivity contribution in [3.63, 3.8) is 0 Å². The van der Waals surface area contributed by atoms with Crippen LogP contribution in [0.25, 0.3) is 10.9 Å². The fraction of sp³-hybridized carbons (Fsp3) is 0.304. The maximum Gasteiger partial charge on any atom is 0.0991 e. The molecule has 4 nitrogen and oxygen atoms in total. The minimum absolute atomic E-state index is 0.677. The highest BCUT2D eigenvalue weighted by Crippen LogP contribution is 2.31. The van der Waals surface area contributed by atoms with Crippen LogP contribution in [0.5, 0.6) is 0 Å². The van der Waals surface area contributed by atoms with Gasteiger partial charge in [0.2, 0.25) is 0 Å². The average molecular weight is 356 g/mol. The molecule has 0 amide bonds. The lowest BCUT2D eigenvalue weighted by Crippen LogP contribution is -2.18. The van der Waals surface area contributed by atoms with Crippen LogP contribution in [-0.2, 0) is 6.54 Å². The highest BCUT2D eigenvalue weighted by Gasteiger charge is 2.17. The van der Waals surface area contributed by atoms with E-state index in [2.05, 4.69) is 48.3 Å². The van der Waals surface area contributed by atoms with E-state index in [-0.39, 0.29) is 0 Å². The number of hydrogen-bond donors (Lipinski definition) is 1. The van der Waals surface area contributed by atoms with Crippen LogP contribution in [0.15, 0.2) is 42.5 Å². The Morgan fingerprint density at radius 2 is 1.81 bits per heavy atom. The zero-order chi connectivity index (χ0) is 18.8. The van der Waals surface area contributed by atoms with Gasteiger partial charge in [0.15, 0.2) is 0 Å². The van der Waals surface area contributed by atoms with Crippen LogP contribution in [0, 0.1) is 25.2 Å². The van der Waals surface area contributed by atoms with Gasteiger partial charge in [-0.3, -0.25) is 4.98 Å². The third-order valence-corrected chi connectivity index (χ3v) is 5.32. The number of nitrogens with one attached hydrogen (secondary N) is 1. The molecular weight excluding hydrogens is 332 g/mol. The number of aryl methyl sites for hydroxylation is 2. The molecule has 1 aliphatic heterocycles. The highest BCUT2D eigenvalue weighted by atomic mass is 15.1. The molecule has 1 aliphatic rings. The molecule has 0 bridgehead atoms. The summed E-state index contributed by atoms with van der Waals surface area (Å²) in [6.07, 6.45) is 2.54. The van der Waals surface area contributed by atoms with Crippen LogP contribution in [0.3, 0.4) is 0 Å². The Morgan fingerprint density at radius 3 is 2.52 bits per heavy atom. The quantitative estimate of drug-likeness (QED) is 0.720. The lowest BCUT2D eigenvalue weighted by Gasteiger charge is -2.21. The summed E-state index contributed by atoms with van der Waals surface area (Å²) in [6, 6.07) is 16.4. The van der Waals surface area contributed by atoms with Crippen molar-refractivity contribution in [3.8, 4) is 6.07 Å². The van der Waals surface area contributed by atoms with Crippen molar-refractivity contribution in [2.24, 2.45) is 0 Å². The number of hydrogen-bond acceptors (Lipinski definition) is 4. The smallest absolute Gasteiger partial charge is 0.0991 e. The topological polar surface area (TPSA) is 52.0 Å². The maximum absolute atomic E-state index is 8.92. The Balaban J connectivity index is 1.63. The SMILES string of the molecule is Cc1cc(N2CCCC2)c2cc(C)c(CNc3ccc(C#N)cc3)cc2n1. The highest BCUT2D eigenvalue weighted by molar-refractivity contribution is 5.93. The van der Waals surface area contributed by atoms with Crippen LogP contribution in [0.4, 0.5) is 11.4 Å². The van der Waals surface area contributed by atoms with E-state index in [0.29, 0.717) is 5.56 Å². The second-order valence-corrected chi connectivity index (χ2v) is 7.32. The van der Waals surface area contributed by atoms with Crippen LogP contribution in [-0.4, -0.2) is 18.1 Å². The Bertz CT molecular complexity index is 1010. The van der Waals surface area contributed by atoms with Crippen molar-refractivity contribution in [3.05, 3.63) is 64.8 Å². The molecule has 0 unspecified atom stereocenters. The number of pyridine rings is 1. The molecule has 2 aromatic carbocycles. The van der Waals surface area contributed by atoms with Crippen LogP contribution >= 0.6 is 0 Å². The van der Waals surface area contributed by atoms with Gasteiger partial charge >= 0.3 is 0 Å². The third kappa shape index (κ3) is 3.59. The fourth-order valence-electron chi connectivity index (χ4n) is 3.81. The molecule has 4 heteroatoms. The number of anilines is 2. The molecule has 1 aromatic heterocycles. The lowest BCUT2D eigenvalue weighted by molar-refractivity contribution is 0.949. The standard InChI is InChI=1S/C23H24N4/c1-16-11-21-22(26-17(2)12-23(21)27-9-3-4-10-27)13-19(16)15-25-20-7-5-18(14-24)6-8-20/h5-8,11-13,25H,3-4,9-10,15H2,1-2H3. The zero-order valence-electron chi connectivity index (χ0n) is 15.9. The second kappa shape index (κ2) is 7.28. The van der Waals surface area contributed by atoms with E-state index < -0.39 is 0 Å². The Kier molecular flexibility index (Phi) is 4.68. The van der Waals surface area contributed by atoms with Crippen LogP contribution in [0.1, 0.15) is 35.2 Å². The largest absolute Gasteiger partial charge is 0.381 e. The van der Waals surface area contributed by atoms with Gasteiger partial charge in [-0.25, -0.2) is 0 Å². The van der Waals surface area contributed by atoms with E-state index in [1.165, 1.54) is 35.0 Å². The van der Waals surface area contributed by atoms with Crippen molar-refractivity contribution in [2.45, 2.75) is 33.2 Å². The minimum atomic E-state index is 0.677. The summed E-state index contributed by atoms with van der Waals surface area (Å²) in [5.74, 6) is 0. The summed E-state index contributed by atoms with van der Waals surface area (Å²) < 4.78 is 0. The van der Waals surface area contributed by atoms with Crippen molar-refractivity contribution in [1.29, 1.82) is 5.26 Å². The first-order chi connectivity index (χ1) is 13.1. The molecule has 0 saturated carbocycles. The number of rotatable bonds is 4. The fourth-order valence-corrected chi connectivity index (χ4v) is 3.81. The first-order valence-corrected chi connectivity index (χ1v) is 9.54. The van der Waals surface area contributed by atoms with E-state index >= 15 is 0 Å². The zero-order valence-corrected chi connectivity index (χ0v) is 15.9. The molecule has 1 fully saturated rings. The van der Waals surface area contributed by atoms with Gasteiger partial charge in [0.1, 0.15) is 0 Å². The Morgan fingerprint density at radius 1 is 1.07 bits per heavy atom. The van der Waals surface area contributed by atoms with E-state index in [1.807, 2.05) is 24.3 Å². The molecule has 2 heterocycles. The van der Waals surface area contributed by atoms with E-state index in [4.69, 9.17) is 10.2 Å². The van der Waals surface area contributed by atoms with Gasteiger partial charge in [-0.1, -0.05) is 0 Å². The number of benzene rings is 2. The number of nitrogens with zero attached hydrogens (tertiary/aromatic N) is 3. The number of nitriles is 1. The molecule has 0 atom stereocenters. The molecular formula is C23H24N4. The molecule has 0 spiro atoms. The summed E-state index contributed by atoms with van der Waals surface area (Å²) >= 11 is 0. The summed E-state index contributed by atoms with van der Waals surface area (Å²) in [5, 5.41) is 13.6. The first-order valence-electron chi connectivity index (χ1n) is 9.54. The second-order valence-electron chi connectivity index (χ2n) is 7.32. The predicted molar refractivity (Wildman–Crippen MR) is 111 cm³/mol. The summed E-state index contributed by atoms with van der Waals surface area (Å²) in [6.45, 7) is 7.26. The number of fused-ring (bicyclic) bond motifs is 1. The summed E-state index contributed by atoms with van der Waals surface area (Å²) in [4.78, 5) is 7.29. The van der Waals surface area contributed by atoms with Gasteiger partial charge in [0.05, 0.1) is 17.1 Å². The summed E-state index contributed by atoms with van der Waals surface area (Å²) in [7, 11) is 0. The first kappa shape index (κ1) is 17.4. The van der Waals surface area contributed by atoms with Crippen molar-refractivity contribution in [1.82, 2.24) is 4.98 Å². The van der Waals surface area contributed by atoms with Crippen LogP contribution in [0.2, 0.25) is 0 Å². The van der Waals surface area contributed by atoms with Crippen molar-refractivity contribution >= 4 is 22.3 Å². The van der Waals surface area contributed by atoms with Gasteiger partial charge in [0.25, 0.3) is 0 Å².